The van der Waals surface area contributed by atoms with Gasteiger partial charge in [-0.25, -0.2) is 4.79 Å². The number of pyridine rings is 1. The lowest BCUT2D eigenvalue weighted by Crippen LogP contribution is -2.40. The van der Waals surface area contributed by atoms with Gasteiger partial charge in [-0.1, -0.05) is 43.7 Å². The van der Waals surface area contributed by atoms with Gasteiger partial charge in [-0.2, -0.15) is 5.26 Å². The molecule has 3 aromatic rings. The highest BCUT2D eigenvalue weighted by Crippen LogP contribution is 2.36. The summed E-state index contributed by atoms with van der Waals surface area (Å²) in [5.41, 5.74) is 5.36. The number of hydrogen-bond donors (Lipinski definition) is 1. The summed E-state index contributed by atoms with van der Waals surface area (Å²) in [5.74, 6) is 0.967. The smallest absolute Gasteiger partial charge is 0.407 e. The van der Waals surface area contributed by atoms with E-state index in [0.29, 0.717) is 11.7 Å². The first-order chi connectivity index (χ1) is 16.1. The summed E-state index contributed by atoms with van der Waals surface area (Å²) in [6.07, 6.45) is 0.283. The molecular weight excluding hydrogens is 426 g/mol. The summed E-state index contributed by atoms with van der Waals surface area (Å²) in [4.78, 5) is 17.5. The van der Waals surface area contributed by atoms with Crippen LogP contribution in [0.2, 0.25) is 0 Å². The van der Waals surface area contributed by atoms with E-state index in [0.717, 1.165) is 45.3 Å². The quantitative estimate of drug-likeness (QED) is 0.446. The summed E-state index contributed by atoms with van der Waals surface area (Å²) < 4.78 is 11.3. The van der Waals surface area contributed by atoms with Crippen molar-refractivity contribution in [1.29, 1.82) is 5.26 Å². The third-order valence-corrected chi connectivity index (χ3v) is 5.21. The van der Waals surface area contributed by atoms with Gasteiger partial charge in [-0.3, -0.25) is 4.98 Å². The predicted octanol–water partition coefficient (Wildman–Crippen LogP) is 6.34. The maximum absolute atomic E-state index is 12.5. The van der Waals surface area contributed by atoms with E-state index in [1.807, 2.05) is 52.0 Å². The number of aromatic nitrogens is 1. The lowest BCUT2D eigenvalue weighted by atomic mass is 9.91. The van der Waals surface area contributed by atoms with E-state index in [4.69, 9.17) is 19.7 Å². The molecular formula is C28H33N3O3. The Morgan fingerprint density at radius 2 is 1.85 bits per heavy atom. The highest BCUT2D eigenvalue weighted by atomic mass is 16.5. The van der Waals surface area contributed by atoms with Gasteiger partial charge in [0, 0.05) is 22.2 Å². The molecule has 0 saturated heterocycles. The fraction of sp³-hybridized carbons (Fsp3) is 0.393. The molecule has 0 saturated carbocycles. The number of ether oxygens (including phenoxy) is 2. The molecule has 0 fully saturated rings. The van der Waals surface area contributed by atoms with Crippen molar-refractivity contribution in [3.05, 3.63) is 59.3 Å². The maximum Gasteiger partial charge on any atom is 0.407 e. The molecule has 0 aliphatic heterocycles. The number of fused-ring (bicyclic) bond motifs is 1. The molecule has 0 aliphatic carbocycles. The van der Waals surface area contributed by atoms with Crippen molar-refractivity contribution in [3.63, 3.8) is 0 Å². The van der Waals surface area contributed by atoms with Gasteiger partial charge >= 0.3 is 6.09 Å². The largest absolute Gasteiger partial charge is 0.479 e. The minimum absolute atomic E-state index is 0.0345. The van der Waals surface area contributed by atoms with Crippen molar-refractivity contribution in [1.82, 2.24) is 10.3 Å². The van der Waals surface area contributed by atoms with Crippen molar-refractivity contribution < 1.29 is 14.3 Å². The molecule has 2 aromatic carbocycles. The van der Waals surface area contributed by atoms with Crippen LogP contribution in [0.5, 0.6) is 5.75 Å². The van der Waals surface area contributed by atoms with Gasteiger partial charge in [-0.05, 0) is 69.4 Å². The van der Waals surface area contributed by atoms with Crippen LogP contribution in [0.1, 0.15) is 51.4 Å². The number of alkyl carbamates (subject to hydrolysis) is 1. The maximum atomic E-state index is 12.5. The molecule has 0 bridgehead atoms. The fourth-order valence-electron chi connectivity index (χ4n) is 3.78. The van der Waals surface area contributed by atoms with Crippen LogP contribution >= 0.6 is 0 Å². The number of rotatable bonds is 7. The number of nitriles is 1. The van der Waals surface area contributed by atoms with Crippen LogP contribution in [0.25, 0.3) is 22.0 Å². The number of nitrogens with one attached hydrogen (secondary N) is 1. The number of carbonyl (C=O) groups is 1. The molecule has 1 N–H and O–H groups in total. The van der Waals surface area contributed by atoms with E-state index in [9.17, 15) is 4.79 Å². The first-order valence-corrected chi connectivity index (χ1v) is 11.5. The van der Waals surface area contributed by atoms with Crippen molar-refractivity contribution in [2.24, 2.45) is 5.92 Å². The molecule has 6 nitrogen and oxygen atoms in total. The molecule has 3 rings (SSSR count). The molecule has 6 heteroatoms. The van der Waals surface area contributed by atoms with Gasteiger partial charge in [0.05, 0.1) is 5.52 Å². The van der Waals surface area contributed by atoms with E-state index in [-0.39, 0.29) is 13.2 Å². The standard InChI is InChI=1S/C28H33N3O3/c1-18(2)15-25-23(17-34-27(32)31-28(4,5)6)26(20-9-7-19(3)8-10-20)22-16-21(33-14-13-29)11-12-24(22)30-25/h7-12,16,18H,14-15,17H2,1-6H3,(H,31,32). The molecule has 0 spiro atoms. The molecule has 0 atom stereocenters. The van der Waals surface area contributed by atoms with Gasteiger partial charge in [0.25, 0.3) is 0 Å². The minimum Gasteiger partial charge on any atom is -0.479 e. The molecule has 1 heterocycles. The fourth-order valence-corrected chi connectivity index (χ4v) is 3.78. The number of nitrogens with zero attached hydrogens (tertiary/aromatic N) is 2. The second-order valence-corrected chi connectivity index (χ2v) is 9.95. The van der Waals surface area contributed by atoms with E-state index < -0.39 is 11.6 Å². The third kappa shape index (κ3) is 6.48. The van der Waals surface area contributed by atoms with E-state index >= 15 is 0 Å². The summed E-state index contributed by atoms with van der Waals surface area (Å²) in [7, 11) is 0. The first kappa shape index (κ1) is 25.0. The van der Waals surface area contributed by atoms with Crippen LogP contribution in [0, 0.1) is 24.2 Å². The summed E-state index contributed by atoms with van der Waals surface area (Å²) in [5, 5.41) is 12.7. The van der Waals surface area contributed by atoms with Crippen LogP contribution in [0.3, 0.4) is 0 Å². The molecule has 34 heavy (non-hydrogen) atoms. The summed E-state index contributed by atoms with van der Waals surface area (Å²) in [6, 6.07) is 15.9. The Bertz CT molecular complexity index is 1200. The van der Waals surface area contributed by atoms with E-state index in [1.165, 1.54) is 0 Å². The average molecular weight is 460 g/mol. The van der Waals surface area contributed by atoms with Crippen LogP contribution in [-0.4, -0.2) is 23.2 Å². The van der Waals surface area contributed by atoms with Gasteiger partial charge < -0.3 is 14.8 Å². The third-order valence-electron chi connectivity index (χ3n) is 5.21. The van der Waals surface area contributed by atoms with Crippen molar-refractivity contribution >= 4 is 17.0 Å². The van der Waals surface area contributed by atoms with Gasteiger partial charge in [0.15, 0.2) is 6.61 Å². The topological polar surface area (TPSA) is 84.2 Å². The Hall–Kier alpha value is -3.59. The van der Waals surface area contributed by atoms with Crippen LogP contribution in [0.15, 0.2) is 42.5 Å². The Labute approximate surface area is 201 Å². The van der Waals surface area contributed by atoms with Crippen molar-refractivity contribution in [3.8, 4) is 22.9 Å². The Kier molecular flexibility index (Phi) is 7.78. The molecule has 0 unspecified atom stereocenters. The Balaban J connectivity index is 2.20. The molecule has 1 amide bonds. The van der Waals surface area contributed by atoms with Crippen LogP contribution < -0.4 is 10.1 Å². The lowest BCUT2D eigenvalue weighted by Gasteiger charge is -2.22. The minimum atomic E-state index is -0.468. The van der Waals surface area contributed by atoms with Crippen molar-refractivity contribution in [2.45, 2.75) is 60.1 Å². The molecule has 1 aromatic heterocycles. The lowest BCUT2D eigenvalue weighted by molar-refractivity contribution is 0.131. The first-order valence-electron chi connectivity index (χ1n) is 11.5. The average Bonchev–Trinajstić information content (AvgIpc) is 2.75. The van der Waals surface area contributed by atoms with Crippen LogP contribution in [0.4, 0.5) is 4.79 Å². The number of benzene rings is 2. The van der Waals surface area contributed by atoms with Gasteiger partial charge in [0.2, 0.25) is 0 Å². The SMILES string of the molecule is Cc1ccc(-c2c(COC(=O)NC(C)(C)C)c(CC(C)C)nc3ccc(OCC#N)cc23)cc1. The second-order valence-electron chi connectivity index (χ2n) is 9.95. The van der Waals surface area contributed by atoms with Gasteiger partial charge in [-0.15, -0.1) is 0 Å². The zero-order valence-corrected chi connectivity index (χ0v) is 20.9. The zero-order valence-electron chi connectivity index (χ0n) is 20.9. The number of aryl methyl sites for hydroxylation is 1. The molecule has 0 aliphatic rings. The Morgan fingerprint density at radius 1 is 1.15 bits per heavy atom. The highest BCUT2D eigenvalue weighted by Gasteiger charge is 2.21. The normalized spacial score (nSPS) is 11.4. The summed E-state index contributed by atoms with van der Waals surface area (Å²) >= 11 is 0. The van der Waals surface area contributed by atoms with E-state index in [2.05, 4.69) is 43.4 Å². The molecule has 178 valence electrons. The second kappa shape index (κ2) is 10.6. The zero-order chi connectivity index (χ0) is 24.9. The molecule has 0 radical (unpaired) electrons. The van der Waals surface area contributed by atoms with Gasteiger partial charge in [0.1, 0.15) is 18.4 Å². The van der Waals surface area contributed by atoms with E-state index in [1.54, 1.807) is 0 Å². The monoisotopic (exact) mass is 459 g/mol. The number of amides is 1. The van der Waals surface area contributed by atoms with Crippen LogP contribution in [-0.2, 0) is 17.8 Å². The predicted molar refractivity (Wildman–Crippen MR) is 135 cm³/mol. The number of carbonyl (C=O) groups excluding carboxylic acids is 1. The number of hydrogen-bond acceptors (Lipinski definition) is 5. The Morgan fingerprint density at radius 3 is 2.47 bits per heavy atom. The summed E-state index contributed by atoms with van der Waals surface area (Å²) in [6.45, 7) is 12.1. The van der Waals surface area contributed by atoms with Crippen molar-refractivity contribution in [2.75, 3.05) is 6.61 Å². The highest BCUT2D eigenvalue weighted by molar-refractivity contribution is 5.97.